The summed E-state index contributed by atoms with van der Waals surface area (Å²) >= 11 is 0. The summed E-state index contributed by atoms with van der Waals surface area (Å²) in [5.74, 6) is 2.61. The maximum atomic E-state index is 11.7. The van der Waals surface area contributed by atoms with Crippen molar-refractivity contribution in [1.29, 1.82) is 0 Å². The number of fused-ring (bicyclic) bond motifs is 2. The number of rotatable bonds is 0. The molecule has 19 heavy (non-hydrogen) atoms. The summed E-state index contributed by atoms with van der Waals surface area (Å²) in [5.41, 5.74) is 0. The van der Waals surface area contributed by atoms with Gasteiger partial charge in [-0.25, -0.2) is 0 Å². The van der Waals surface area contributed by atoms with Crippen molar-refractivity contribution in [3.8, 4) is 0 Å². The monoisotopic (exact) mass is 272 g/mol. The number of hydrogen-bond acceptors (Lipinski definition) is 4. The van der Waals surface area contributed by atoms with Crippen LogP contribution in [0.2, 0.25) is 0 Å². The Labute approximate surface area is 116 Å². The van der Waals surface area contributed by atoms with E-state index in [1.165, 1.54) is 32.1 Å². The molecule has 0 radical (unpaired) electrons. The zero-order chi connectivity index (χ0) is 14.4. The van der Waals surface area contributed by atoms with Gasteiger partial charge in [-0.3, -0.25) is 4.79 Å². The molecule has 3 fully saturated rings. The number of cyclic esters (lactones) is 1. The lowest BCUT2D eigenvalue weighted by Crippen LogP contribution is -2.35. The lowest BCUT2D eigenvalue weighted by molar-refractivity contribution is -0.144. The smallest absolute Gasteiger partial charge is 0.309 e. The Morgan fingerprint density at radius 3 is 2.11 bits per heavy atom. The van der Waals surface area contributed by atoms with Crippen LogP contribution in [0.3, 0.4) is 0 Å². The zero-order valence-corrected chi connectivity index (χ0v) is 12.3. The molecule has 0 aromatic rings. The van der Waals surface area contributed by atoms with E-state index < -0.39 is 0 Å². The van der Waals surface area contributed by atoms with E-state index in [9.17, 15) is 4.79 Å². The van der Waals surface area contributed by atoms with Crippen LogP contribution in [-0.2, 0) is 9.53 Å². The fourth-order valence-electron chi connectivity index (χ4n) is 4.07. The molecule has 0 aromatic carbocycles. The number of aliphatic hydroxyl groups is 2. The second-order valence-electron chi connectivity index (χ2n) is 5.69. The first kappa shape index (κ1) is 16.4. The SMILES string of the molecule is CC1OC(=O)C2CC3CCCCC3CC12.CO.CO. The van der Waals surface area contributed by atoms with Crippen LogP contribution in [0, 0.1) is 23.7 Å². The van der Waals surface area contributed by atoms with Crippen LogP contribution in [0.5, 0.6) is 0 Å². The molecule has 3 aliphatic rings. The first-order valence-electron chi connectivity index (χ1n) is 7.35. The molecule has 4 heteroatoms. The van der Waals surface area contributed by atoms with Crippen molar-refractivity contribution >= 4 is 5.97 Å². The Morgan fingerprint density at radius 2 is 1.53 bits per heavy atom. The normalized spacial score (nSPS) is 39.6. The second kappa shape index (κ2) is 7.85. The molecule has 2 saturated carbocycles. The third-order valence-corrected chi connectivity index (χ3v) is 4.92. The van der Waals surface area contributed by atoms with E-state index in [1.54, 1.807) is 0 Å². The fraction of sp³-hybridized carbons (Fsp3) is 0.933. The molecule has 3 rings (SSSR count). The van der Waals surface area contributed by atoms with Gasteiger partial charge in [-0.1, -0.05) is 25.7 Å². The lowest BCUT2D eigenvalue weighted by atomic mass is 9.63. The highest BCUT2D eigenvalue weighted by Crippen LogP contribution is 2.49. The largest absolute Gasteiger partial charge is 0.462 e. The minimum absolute atomic E-state index is 0.0940. The molecule has 0 spiro atoms. The number of ether oxygens (including phenoxy) is 1. The molecule has 0 aromatic heterocycles. The minimum Gasteiger partial charge on any atom is -0.462 e. The Kier molecular flexibility index (Phi) is 6.80. The van der Waals surface area contributed by atoms with Gasteiger partial charge in [0.1, 0.15) is 6.10 Å². The van der Waals surface area contributed by atoms with Gasteiger partial charge in [0.2, 0.25) is 0 Å². The molecule has 112 valence electrons. The van der Waals surface area contributed by atoms with Crippen LogP contribution in [0.25, 0.3) is 0 Å². The first-order chi connectivity index (χ1) is 9.25. The Bertz CT molecular complexity index is 279. The highest BCUT2D eigenvalue weighted by atomic mass is 16.6. The van der Waals surface area contributed by atoms with Crippen molar-refractivity contribution in [2.24, 2.45) is 23.7 Å². The maximum Gasteiger partial charge on any atom is 0.309 e. The van der Waals surface area contributed by atoms with Crippen molar-refractivity contribution in [3.63, 3.8) is 0 Å². The van der Waals surface area contributed by atoms with Crippen molar-refractivity contribution in [1.82, 2.24) is 0 Å². The van der Waals surface area contributed by atoms with Gasteiger partial charge in [0.25, 0.3) is 0 Å². The van der Waals surface area contributed by atoms with Crippen LogP contribution in [0.15, 0.2) is 0 Å². The number of carbonyl (C=O) groups is 1. The highest BCUT2D eigenvalue weighted by molar-refractivity contribution is 5.75. The van der Waals surface area contributed by atoms with Gasteiger partial charge in [-0.05, 0) is 31.6 Å². The zero-order valence-electron chi connectivity index (χ0n) is 12.3. The summed E-state index contributed by atoms with van der Waals surface area (Å²) < 4.78 is 5.38. The molecule has 1 heterocycles. The van der Waals surface area contributed by atoms with Crippen molar-refractivity contribution in [2.75, 3.05) is 14.2 Å². The van der Waals surface area contributed by atoms with E-state index in [4.69, 9.17) is 14.9 Å². The van der Waals surface area contributed by atoms with E-state index in [0.29, 0.717) is 5.92 Å². The van der Waals surface area contributed by atoms with Gasteiger partial charge >= 0.3 is 5.97 Å². The second-order valence-corrected chi connectivity index (χ2v) is 5.69. The Balaban J connectivity index is 0.000000415. The molecule has 0 bridgehead atoms. The van der Waals surface area contributed by atoms with Crippen molar-refractivity contribution < 1.29 is 19.7 Å². The number of carbonyl (C=O) groups excluding carboxylic acids is 1. The molecular formula is C15H28O4. The fourth-order valence-corrected chi connectivity index (χ4v) is 4.07. The Morgan fingerprint density at radius 1 is 1.00 bits per heavy atom. The third-order valence-electron chi connectivity index (χ3n) is 4.92. The summed E-state index contributed by atoms with van der Waals surface area (Å²) in [4.78, 5) is 11.7. The van der Waals surface area contributed by atoms with Gasteiger partial charge in [-0.15, -0.1) is 0 Å². The predicted octanol–water partition coefficient (Wildman–Crippen LogP) is 1.98. The van der Waals surface area contributed by atoms with Crippen LogP contribution in [-0.4, -0.2) is 36.5 Å². The number of esters is 1. The lowest BCUT2D eigenvalue weighted by Gasteiger charge is -2.40. The molecule has 0 amide bonds. The Hall–Kier alpha value is -0.610. The van der Waals surface area contributed by atoms with Crippen molar-refractivity contribution in [2.45, 2.75) is 51.6 Å². The molecule has 5 atom stereocenters. The van der Waals surface area contributed by atoms with Crippen LogP contribution < -0.4 is 0 Å². The molecular weight excluding hydrogens is 244 g/mol. The van der Waals surface area contributed by atoms with E-state index >= 15 is 0 Å². The summed E-state index contributed by atoms with van der Waals surface area (Å²) in [7, 11) is 2.00. The summed E-state index contributed by atoms with van der Waals surface area (Å²) in [6.07, 6.45) is 8.10. The summed E-state index contributed by atoms with van der Waals surface area (Å²) in [6, 6.07) is 0. The van der Waals surface area contributed by atoms with Gasteiger partial charge in [0, 0.05) is 20.1 Å². The summed E-state index contributed by atoms with van der Waals surface area (Å²) in [5, 5.41) is 14.0. The topological polar surface area (TPSA) is 66.8 Å². The van der Waals surface area contributed by atoms with E-state index in [1.807, 2.05) is 0 Å². The average molecular weight is 272 g/mol. The van der Waals surface area contributed by atoms with Crippen molar-refractivity contribution in [3.05, 3.63) is 0 Å². The average Bonchev–Trinajstić information content (AvgIpc) is 2.76. The van der Waals surface area contributed by atoms with Crippen LogP contribution in [0.4, 0.5) is 0 Å². The van der Waals surface area contributed by atoms with Gasteiger partial charge in [0.05, 0.1) is 5.92 Å². The molecule has 2 N–H and O–H groups in total. The predicted molar refractivity (Wildman–Crippen MR) is 73.5 cm³/mol. The van der Waals surface area contributed by atoms with E-state index in [2.05, 4.69) is 6.92 Å². The maximum absolute atomic E-state index is 11.7. The third kappa shape index (κ3) is 3.48. The quantitative estimate of drug-likeness (QED) is 0.662. The number of aliphatic hydroxyl groups excluding tert-OH is 2. The minimum atomic E-state index is 0.0940. The van der Waals surface area contributed by atoms with E-state index in [0.717, 1.165) is 32.5 Å². The molecule has 2 aliphatic carbocycles. The summed E-state index contributed by atoms with van der Waals surface area (Å²) in [6.45, 7) is 2.08. The highest BCUT2D eigenvalue weighted by Gasteiger charge is 2.48. The standard InChI is InChI=1S/C13H20O2.2CH4O/c1-8-11-6-9-4-2-3-5-10(9)7-12(11)13(14)15-8;2*1-2/h8-12H,2-7H2,1H3;2*2H,1H3. The molecule has 5 unspecified atom stereocenters. The first-order valence-corrected chi connectivity index (χ1v) is 7.35. The van der Waals surface area contributed by atoms with E-state index in [-0.39, 0.29) is 18.0 Å². The van der Waals surface area contributed by atoms with Gasteiger partial charge in [0.15, 0.2) is 0 Å². The molecule has 1 saturated heterocycles. The van der Waals surface area contributed by atoms with Gasteiger partial charge < -0.3 is 14.9 Å². The van der Waals surface area contributed by atoms with Gasteiger partial charge in [-0.2, -0.15) is 0 Å². The number of hydrogen-bond donors (Lipinski definition) is 2. The molecule has 4 nitrogen and oxygen atoms in total. The van der Waals surface area contributed by atoms with Crippen LogP contribution in [0.1, 0.15) is 45.4 Å². The van der Waals surface area contributed by atoms with Crippen LogP contribution >= 0.6 is 0 Å². The molecule has 1 aliphatic heterocycles.